The normalized spacial score (nSPS) is 15.1. The van der Waals surface area contributed by atoms with Crippen LogP contribution in [0, 0.1) is 13.8 Å². The number of rotatable bonds is 6. The van der Waals surface area contributed by atoms with Gasteiger partial charge in [0.1, 0.15) is 0 Å². The third kappa shape index (κ3) is 3.85. The van der Waals surface area contributed by atoms with E-state index in [4.69, 9.17) is 5.11 Å². The quantitative estimate of drug-likeness (QED) is 0.806. The van der Waals surface area contributed by atoms with Gasteiger partial charge >= 0.3 is 0 Å². The van der Waals surface area contributed by atoms with Gasteiger partial charge in [0.2, 0.25) is 0 Å². The Bertz CT molecular complexity index is 325. The first-order chi connectivity index (χ1) is 7.54. The molecule has 0 amide bonds. The molecule has 4 heteroatoms. The van der Waals surface area contributed by atoms with Gasteiger partial charge in [0.25, 0.3) is 0 Å². The van der Waals surface area contributed by atoms with Crippen LogP contribution in [0.3, 0.4) is 0 Å². The smallest absolute Gasteiger partial charge is 0.0900 e. The SMILES string of the molecule is Cc1nc(C(C)NC(C)CCCO)c(C)s1. The predicted molar refractivity (Wildman–Crippen MR) is 68.9 cm³/mol. The van der Waals surface area contributed by atoms with Gasteiger partial charge in [-0.1, -0.05) is 0 Å². The lowest BCUT2D eigenvalue weighted by atomic mass is 10.1. The Labute approximate surface area is 102 Å². The molecule has 92 valence electrons. The maximum absolute atomic E-state index is 8.78. The van der Waals surface area contributed by atoms with Gasteiger partial charge in [0.15, 0.2) is 0 Å². The Morgan fingerprint density at radius 2 is 2.06 bits per heavy atom. The van der Waals surface area contributed by atoms with Gasteiger partial charge in [-0.3, -0.25) is 0 Å². The van der Waals surface area contributed by atoms with E-state index in [9.17, 15) is 0 Å². The summed E-state index contributed by atoms with van der Waals surface area (Å²) in [5.41, 5.74) is 1.17. The van der Waals surface area contributed by atoms with E-state index in [1.807, 2.05) is 6.92 Å². The third-order valence-electron chi connectivity index (χ3n) is 2.68. The van der Waals surface area contributed by atoms with E-state index < -0.39 is 0 Å². The van der Waals surface area contributed by atoms with Crippen molar-refractivity contribution in [3.8, 4) is 0 Å². The molecule has 0 fully saturated rings. The van der Waals surface area contributed by atoms with Crippen LogP contribution in [-0.2, 0) is 0 Å². The largest absolute Gasteiger partial charge is 0.396 e. The molecule has 0 aliphatic rings. The number of aromatic nitrogens is 1. The first-order valence-corrected chi connectivity index (χ1v) is 6.67. The zero-order chi connectivity index (χ0) is 12.1. The predicted octanol–water partition coefficient (Wildman–Crippen LogP) is 2.57. The zero-order valence-corrected chi connectivity index (χ0v) is 11.4. The zero-order valence-electron chi connectivity index (χ0n) is 10.6. The summed E-state index contributed by atoms with van der Waals surface area (Å²) in [5, 5.41) is 13.4. The van der Waals surface area contributed by atoms with Gasteiger partial charge < -0.3 is 10.4 Å². The minimum absolute atomic E-state index is 0.273. The van der Waals surface area contributed by atoms with Crippen LogP contribution in [0.25, 0.3) is 0 Å². The van der Waals surface area contributed by atoms with E-state index in [2.05, 4.69) is 31.1 Å². The van der Waals surface area contributed by atoms with Crippen LogP contribution in [0.4, 0.5) is 0 Å². The van der Waals surface area contributed by atoms with Gasteiger partial charge in [0.05, 0.1) is 10.7 Å². The molecule has 1 aromatic rings. The maximum atomic E-state index is 8.78. The number of aliphatic hydroxyl groups excluding tert-OH is 1. The molecule has 2 unspecified atom stereocenters. The van der Waals surface area contributed by atoms with Crippen LogP contribution in [-0.4, -0.2) is 22.7 Å². The van der Waals surface area contributed by atoms with Crippen molar-refractivity contribution < 1.29 is 5.11 Å². The second kappa shape index (κ2) is 6.33. The van der Waals surface area contributed by atoms with Gasteiger partial charge in [-0.05, 0) is 40.5 Å². The molecule has 1 rings (SSSR count). The highest BCUT2D eigenvalue weighted by atomic mass is 32.1. The summed E-state index contributed by atoms with van der Waals surface area (Å²) in [5.74, 6) is 0. The van der Waals surface area contributed by atoms with Gasteiger partial charge in [-0.25, -0.2) is 4.98 Å². The molecule has 0 saturated heterocycles. The summed E-state index contributed by atoms with van der Waals surface area (Å²) in [7, 11) is 0. The van der Waals surface area contributed by atoms with E-state index >= 15 is 0 Å². The lowest BCUT2D eigenvalue weighted by Crippen LogP contribution is -2.29. The molecule has 0 bridgehead atoms. The molecular weight excluding hydrogens is 220 g/mol. The van der Waals surface area contributed by atoms with Gasteiger partial charge in [0, 0.05) is 23.6 Å². The summed E-state index contributed by atoms with van der Waals surface area (Å²) >= 11 is 1.75. The van der Waals surface area contributed by atoms with Crippen molar-refractivity contribution in [2.24, 2.45) is 0 Å². The van der Waals surface area contributed by atoms with Crippen LogP contribution in [0.1, 0.15) is 48.3 Å². The summed E-state index contributed by atoms with van der Waals surface area (Å²) in [6.45, 7) is 8.74. The highest BCUT2D eigenvalue weighted by Gasteiger charge is 2.14. The number of nitrogens with zero attached hydrogens (tertiary/aromatic N) is 1. The second-order valence-electron chi connectivity index (χ2n) is 4.33. The number of hydrogen-bond donors (Lipinski definition) is 2. The van der Waals surface area contributed by atoms with Gasteiger partial charge in [-0.15, -0.1) is 11.3 Å². The fourth-order valence-electron chi connectivity index (χ4n) is 1.93. The fraction of sp³-hybridized carbons (Fsp3) is 0.750. The van der Waals surface area contributed by atoms with Crippen molar-refractivity contribution in [2.45, 2.75) is 52.6 Å². The van der Waals surface area contributed by atoms with Crippen molar-refractivity contribution in [1.29, 1.82) is 0 Å². The Kier molecular flexibility index (Phi) is 5.38. The molecule has 16 heavy (non-hydrogen) atoms. The third-order valence-corrected chi connectivity index (χ3v) is 3.58. The van der Waals surface area contributed by atoms with Crippen LogP contribution >= 0.6 is 11.3 Å². The van der Waals surface area contributed by atoms with Crippen molar-refractivity contribution in [2.75, 3.05) is 6.61 Å². The molecule has 2 atom stereocenters. The lowest BCUT2D eigenvalue weighted by Gasteiger charge is -2.19. The number of nitrogens with one attached hydrogen (secondary N) is 1. The van der Waals surface area contributed by atoms with E-state index in [0.717, 1.165) is 17.8 Å². The van der Waals surface area contributed by atoms with E-state index in [1.54, 1.807) is 11.3 Å². The molecule has 0 aliphatic carbocycles. The molecule has 0 radical (unpaired) electrons. The minimum Gasteiger partial charge on any atom is -0.396 e. The number of aryl methyl sites for hydroxylation is 2. The standard InChI is InChI=1S/C12H22N2OS/c1-8(6-5-7-15)13-9(2)12-10(3)16-11(4)14-12/h8-9,13,15H,5-7H2,1-4H3. The molecule has 0 aromatic carbocycles. The fourth-order valence-corrected chi connectivity index (χ4v) is 2.85. The summed E-state index contributed by atoms with van der Waals surface area (Å²) in [6.07, 6.45) is 1.86. The van der Waals surface area contributed by atoms with Crippen LogP contribution in [0.15, 0.2) is 0 Å². The number of aliphatic hydroxyl groups is 1. The van der Waals surface area contributed by atoms with E-state index in [-0.39, 0.29) is 6.61 Å². The summed E-state index contributed by atoms with van der Waals surface area (Å²) in [6, 6.07) is 0.710. The van der Waals surface area contributed by atoms with Crippen molar-refractivity contribution in [1.82, 2.24) is 10.3 Å². The lowest BCUT2D eigenvalue weighted by molar-refractivity contribution is 0.274. The topological polar surface area (TPSA) is 45.2 Å². The van der Waals surface area contributed by atoms with Crippen LogP contribution < -0.4 is 5.32 Å². The molecule has 1 heterocycles. The average Bonchev–Trinajstić information content (AvgIpc) is 2.54. The van der Waals surface area contributed by atoms with E-state index in [0.29, 0.717) is 12.1 Å². The molecule has 1 aromatic heterocycles. The van der Waals surface area contributed by atoms with Crippen molar-refractivity contribution >= 4 is 11.3 Å². The summed E-state index contributed by atoms with van der Waals surface area (Å²) < 4.78 is 0. The molecular formula is C12H22N2OS. The highest BCUT2D eigenvalue weighted by Crippen LogP contribution is 2.22. The summed E-state index contributed by atoms with van der Waals surface area (Å²) in [4.78, 5) is 5.85. The van der Waals surface area contributed by atoms with Crippen molar-refractivity contribution in [3.05, 3.63) is 15.6 Å². The molecule has 3 nitrogen and oxygen atoms in total. The monoisotopic (exact) mass is 242 g/mol. The maximum Gasteiger partial charge on any atom is 0.0900 e. The van der Waals surface area contributed by atoms with E-state index in [1.165, 1.54) is 10.6 Å². The Balaban J connectivity index is 2.51. The first kappa shape index (κ1) is 13.6. The average molecular weight is 242 g/mol. The second-order valence-corrected chi connectivity index (χ2v) is 5.74. The van der Waals surface area contributed by atoms with Crippen LogP contribution in [0.5, 0.6) is 0 Å². The number of hydrogen-bond acceptors (Lipinski definition) is 4. The molecule has 0 spiro atoms. The first-order valence-electron chi connectivity index (χ1n) is 5.85. The Morgan fingerprint density at radius 1 is 1.38 bits per heavy atom. The van der Waals surface area contributed by atoms with Gasteiger partial charge in [-0.2, -0.15) is 0 Å². The number of thiazole rings is 1. The minimum atomic E-state index is 0.273. The Hall–Kier alpha value is -0.450. The van der Waals surface area contributed by atoms with Crippen molar-refractivity contribution in [3.63, 3.8) is 0 Å². The van der Waals surface area contributed by atoms with Crippen LogP contribution in [0.2, 0.25) is 0 Å². The molecule has 2 N–H and O–H groups in total. The highest BCUT2D eigenvalue weighted by molar-refractivity contribution is 7.11. The Morgan fingerprint density at radius 3 is 2.56 bits per heavy atom. The molecule has 0 saturated carbocycles. The molecule has 0 aliphatic heterocycles.